The van der Waals surface area contributed by atoms with Crippen LogP contribution in [0.1, 0.15) is 37.9 Å². The first-order valence-corrected chi connectivity index (χ1v) is 7.32. The van der Waals surface area contributed by atoms with Crippen LogP contribution in [-0.2, 0) is 12.3 Å². The molecule has 92 valence electrons. The van der Waals surface area contributed by atoms with E-state index in [2.05, 4.69) is 36.0 Å². The SMILES string of the molecule is CCCN(CCc1nc(CCl)cs1)C(C)C. The van der Waals surface area contributed by atoms with Gasteiger partial charge in [-0.25, -0.2) is 4.98 Å². The van der Waals surface area contributed by atoms with Gasteiger partial charge in [0.15, 0.2) is 0 Å². The first-order valence-electron chi connectivity index (χ1n) is 5.90. The van der Waals surface area contributed by atoms with Crippen LogP contribution in [0, 0.1) is 0 Å². The zero-order valence-corrected chi connectivity index (χ0v) is 11.9. The monoisotopic (exact) mass is 260 g/mol. The fraction of sp³-hybridized carbons (Fsp3) is 0.750. The maximum atomic E-state index is 5.74. The molecule has 0 spiro atoms. The number of nitrogens with zero attached hydrogens (tertiary/aromatic N) is 2. The van der Waals surface area contributed by atoms with Crippen LogP contribution in [0.4, 0.5) is 0 Å². The average Bonchev–Trinajstić information content (AvgIpc) is 2.71. The molecule has 1 aromatic heterocycles. The van der Waals surface area contributed by atoms with Gasteiger partial charge in [-0.1, -0.05) is 6.92 Å². The summed E-state index contributed by atoms with van der Waals surface area (Å²) in [4.78, 5) is 6.98. The lowest BCUT2D eigenvalue weighted by Gasteiger charge is -2.25. The molecule has 1 heterocycles. The van der Waals surface area contributed by atoms with E-state index in [1.807, 2.05) is 0 Å². The Kier molecular flexibility index (Phi) is 6.32. The minimum Gasteiger partial charge on any atom is -0.301 e. The van der Waals surface area contributed by atoms with E-state index >= 15 is 0 Å². The molecule has 0 N–H and O–H groups in total. The van der Waals surface area contributed by atoms with Gasteiger partial charge in [-0.15, -0.1) is 22.9 Å². The van der Waals surface area contributed by atoms with Crippen molar-refractivity contribution in [1.29, 1.82) is 0 Å². The van der Waals surface area contributed by atoms with Crippen LogP contribution in [-0.4, -0.2) is 29.0 Å². The summed E-state index contributed by atoms with van der Waals surface area (Å²) in [6.45, 7) is 9.00. The molecule has 0 aromatic carbocycles. The van der Waals surface area contributed by atoms with Crippen molar-refractivity contribution < 1.29 is 0 Å². The molecule has 0 amide bonds. The van der Waals surface area contributed by atoms with E-state index in [9.17, 15) is 0 Å². The van der Waals surface area contributed by atoms with E-state index in [1.54, 1.807) is 11.3 Å². The summed E-state index contributed by atoms with van der Waals surface area (Å²) >= 11 is 7.46. The lowest BCUT2D eigenvalue weighted by atomic mass is 10.2. The molecule has 1 aromatic rings. The van der Waals surface area contributed by atoms with Gasteiger partial charge in [0.25, 0.3) is 0 Å². The van der Waals surface area contributed by atoms with Crippen molar-refractivity contribution >= 4 is 22.9 Å². The van der Waals surface area contributed by atoms with Gasteiger partial charge in [-0.05, 0) is 26.8 Å². The smallest absolute Gasteiger partial charge is 0.0941 e. The van der Waals surface area contributed by atoms with Gasteiger partial charge >= 0.3 is 0 Å². The minimum atomic E-state index is 0.527. The zero-order chi connectivity index (χ0) is 12.0. The van der Waals surface area contributed by atoms with Crippen molar-refractivity contribution in [2.75, 3.05) is 13.1 Å². The standard InChI is InChI=1S/C12H21ClN2S/c1-4-6-15(10(2)3)7-5-12-14-11(8-13)9-16-12/h9-10H,4-8H2,1-3H3. The van der Waals surface area contributed by atoms with E-state index in [-0.39, 0.29) is 0 Å². The van der Waals surface area contributed by atoms with E-state index in [1.165, 1.54) is 18.0 Å². The molecule has 0 fully saturated rings. The largest absolute Gasteiger partial charge is 0.301 e. The number of aromatic nitrogens is 1. The maximum absolute atomic E-state index is 5.74. The zero-order valence-electron chi connectivity index (χ0n) is 10.4. The van der Waals surface area contributed by atoms with E-state index in [0.717, 1.165) is 18.7 Å². The van der Waals surface area contributed by atoms with Crippen LogP contribution in [0.3, 0.4) is 0 Å². The number of halogens is 1. The molecule has 0 bridgehead atoms. The van der Waals surface area contributed by atoms with Crippen LogP contribution in [0.15, 0.2) is 5.38 Å². The van der Waals surface area contributed by atoms with Gasteiger partial charge in [-0.2, -0.15) is 0 Å². The molecule has 4 heteroatoms. The van der Waals surface area contributed by atoms with Gasteiger partial charge in [-0.3, -0.25) is 0 Å². The minimum absolute atomic E-state index is 0.527. The van der Waals surface area contributed by atoms with Crippen molar-refractivity contribution in [2.24, 2.45) is 0 Å². The first kappa shape index (κ1) is 13.9. The Bertz CT molecular complexity index is 299. The van der Waals surface area contributed by atoms with Crippen molar-refractivity contribution in [1.82, 2.24) is 9.88 Å². The first-order chi connectivity index (χ1) is 7.67. The highest BCUT2D eigenvalue weighted by Gasteiger charge is 2.09. The molecule has 0 aliphatic carbocycles. The summed E-state index contributed by atoms with van der Waals surface area (Å²) in [7, 11) is 0. The number of alkyl halides is 1. The predicted molar refractivity (Wildman–Crippen MR) is 72.4 cm³/mol. The van der Waals surface area contributed by atoms with Gasteiger partial charge in [0.2, 0.25) is 0 Å². The summed E-state index contributed by atoms with van der Waals surface area (Å²) in [6.07, 6.45) is 2.25. The lowest BCUT2D eigenvalue weighted by molar-refractivity contribution is 0.225. The summed E-state index contributed by atoms with van der Waals surface area (Å²) in [5.74, 6) is 0.527. The van der Waals surface area contributed by atoms with E-state index in [0.29, 0.717) is 11.9 Å². The fourth-order valence-electron chi connectivity index (χ4n) is 1.68. The van der Waals surface area contributed by atoms with E-state index in [4.69, 9.17) is 11.6 Å². The van der Waals surface area contributed by atoms with Gasteiger partial charge in [0.1, 0.15) is 0 Å². The Morgan fingerprint density at radius 1 is 1.44 bits per heavy atom. The molecule has 0 saturated heterocycles. The third-order valence-electron chi connectivity index (χ3n) is 2.59. The number of hydrogen-bond acceptors (Lipinski definition) is 3. The molecule has 0 saturated carbocycles. The summed E-state index contributed by atoms with van der Waals surface area (Å²) in [5.41, 5.74) is 1.01. The van der Waals surface area contributed by atoms with Gasteiger partial charge in [0.05, 0.1) is 16.6 Å². The van der Waals surface area contributed by atoms with Crippen LogP contribution in [0.5, 0.6) is 0 Å². The van der Waals surface area contributed by atoms with Crippen LogP contribution in [0.2, 0.25) is 0 Å². The molecule has 16 heavy (non-hydrogen) atoms. The van der Waals surface area contributed by atoms with Gasteiger partial charge < -0.3 is 4.90 Å². The fourth-order valence-corrected chi connectivity index (χ4v) is 2.70. The second-order valence-corrected chi connectivity index (χ2v) is 5.46. The van der Waals surface area contributed by atoms with Crippen LogP contribution >= 0.6 is 22.9 Å². The highest BCUT2D eigenvalue weighted by atomic mass is 35.5. The molecule has 1 rings (SSSR count). The molecule has 0 atom stereocenters. The van der Waals surface area contributed by atoms with Gasteiger partial charge in [0, 0.05) is 24.4 Å². The average molecular weight is 261 g/mol. The lowest BCUT2D eigenvalue weighted by Crippen LogP contribution is -2.33. The Morgan fingerprint density at radius 2 is 2.19 bits per heavy atom. The number of rotatable bonds is 7. The highest BCUT2D eigenvalue weighted by Crippen LogP contribution is 2.13. The summed E-state index contributed by atoms with van der Waals surface area (Å²) in [5, 5.41) is 3.26. The molecule has 0 unspecified atom stereocenters. The van der Waals surface area contributed by atoms with Crippen molar-refractivity contribution in [3.05, 3.63) is 16.1 Å². The summed E-state index contributed by atoms with van der Waals surface area (Å²) in [6, 6.07) is 0.618. The quantitative estimate of drug-likeness (QED) is 0.697. The topological polar surface area (TPSA) is 16.1 Å². The molecule has 0 radical (unpaired) electrons. The van der Waals surface area contributed by atoms with Crippen molar-refractivity contribution in [2.45, 2.75) is 45.5 Å². The van der Waals surface area contributed by atoms with Crippen LogP contribution in [0.25, 0.3) is 0 Å². The molecule has 0 aliphatic heterocycles. The van der Waals surface area contributed by atoms with Crippen molar-refractivity contribution in [3.8, 4) is 0 Å². The highest BCUT2D eigenvalue weighted by molar-refractivity contribution is 7.09. The van der Waals surface area contributed by atoms with E-state index < -0.39 is 0 Å². The molecule has 0 aliphatic rings. The van der Waals surface area contributed by atoms with Crippen LogP contribution < -0.4 is 0 Å². The maximum Gasteiger partial charge on any atom is 0.0941 e. The predicted octanol–water partition coefficient (Wildman–Crippen LogP) is 3.54. The molecule has 2 nitrogen and oxygen atoms in total. The Morgan fingerprint density at radius 3 is 2.69 bits per heavy atom. The number of hydrogen-bond donors (Lipinski definition) is 0. The second-order valence-electron chi connectivity index (χ2n) is 4.25. The summed E-state index contributed by atoms with van der Waals surface area (Å²) < 4.78 is 0. The Labute approximate surface area is 108 Å². The number of thiazole rings is 1. The Hall–Kier alpha value is -0.120. The molecular formula is C12H21ClN2S. The Balaban J connectivity index is 2.42. The third-order valence-corrected chi connectivity index (χ3v) is 3.82. The molecular weight excluding hydrogens is 240 g/mol. The second kappa shape index (κ2) is 7.25. The normalized spacial score (nSPS) is 11.6. The third kappa shape index (κ3) is 4.40. The van der Waals surface area contributed by atoms with Crippen molar-refractivity contribution in [3.63, 3.8) is 0 Å².